The van der Waals surface area contributed by atoms with Crippen molar-refractivity contribution in [1.82, 2.24) is 9.21 Å². The second kappa shape index (κ2) is 8.55. The van der Waals surface area contributed by atoms with Crippen molar-refractivity contribution < 1.29 is 13.2 Å². The highest BCUT2D eigenvalue weighted by Crippen LogP contribution is 2.36. The number of nitrogens with one attached hydrogen (secondary N) is 1. The largest absolute Gasteiger partial charge is 0.325 e. The van der Waals surface area contributed by atoms with Crippen LogP contribution >= 0.6 is 11.3 Å². The molecule has 2 unspecified atom stereocenters. The minimum Gasteiger partial charge on any atom is -0.325 e. The van der Waals surface area contributed by atoms with Gasteiger partial charge in [0.25, 0.3) is 0 Å². The molecule has 6 nitrogen and oxygen atoms in total. The molecule has 2 saturated heterocycles. The van der Waals surface area contributed by atoms with Gasteiger partial charge in [0.15, 0.2) is 0 Å². The smallest absolute Gasteiger partial charge is 0.243 e. The van der Waals surface area contributed by atoms with Crippen LogP contribution in [0.25, 0.3) is 0 Å². The summed E-state index contributed by atoms with van der Waals surface area (Å²) in [5.74, 6) is -0.0661. The van der Waals surface area contributed by atoms with E-state index in [2.05, 4.69) is 27.7 Å². The van der Waals surface area contributed by atoms with Crippen LogP contribution in [0.15, 0.2) is 46.7 Å². The molecule has 0 spiro atoms. The lowest BCUT2D eigenvalue weighted by molar-refractivity contribution is -0.121. The van der Waals surface area contributed by atoms with Gasteiger partial charge in [0.1, 0.15) is 0 Å². The van der Waals surface area contributed by atoms with E-state index >= 15 is 0 Å². The van der Waals surface area contributed by atoms with Gasteiger partial charge < -0.3 is 5.32 Å². The van der Waals surface area contributed by atoms with Crippen molar-refractivity contribution >= 4 is 33.0 Å². The Morgan fingerprint density at radius 3 is 2.48 bits per heavy atom. The van der Waals surface area contributed by atoms with Gasteiger partial charge in [-0.05, 0) is 74.9 Å². The Hall–Kier alpha value is -1.74. The summed E-state index contributed by atoms with van der Waals surface area (Å²) in [4.78, 5) is 16.7. The molecule has 2 aliphatic rings. The number of benzene rings is 1. The van der Waals surface area contributed by atoms with Crippen LogP contribution in [0.1, 0.15) is 43.5 Å². The maximum absolute atomic E-state index is 12.8. The van der Waals surface area contributed by atoms with E-state index in [1.54, 1.807) is 35.6 Å². The molecule has 0 aliphatic carbocycles. The van der Waals surface area contributed by atoms with Gasteiger partial charge in [-0.15, -0.1) is 11.3 Å². The predicted octanol–water partition coefficient (Wildman–Crippen LogP) is 3.70. The van der Waals surface area contributed by atoms with Crippen molar-refractivity contribution in [3.05, 3.63) is 46.7 Å². The van der Waals surface area contributed by atoms with Crippen molar-refractivity contribution in [3.8, 4) is 0 Å². The number of thiophene rings is 1. The molecule has 1 amide bonds. The van der Waals surface area contributed by atoms with E-state index in [4.69, 9.17) is 0 Å². The first-order chi connectivity index (χ1) is 14.0. The average molecular weight is 434 g/mol. The number of carbonyl (C=O) groups excluding carboxylic acids is 1. The predicted molar refractivity (Wildman–Crippen MR) is 116 cm³/mol. The van der Waals surface area contributed by atoms with Crippen LogP contribution in [0, 0.1) is 0 Å². The Labute approximate surface area is 176 Å². The zero-order chi connectivity index (χ0) is 20.4. The zero-order valence-corrected chi connectivity index (χ0v) is 18.2. The number of nitrogens with zero attached hydrogens (tertiary/aromatic N) is 2. The summed E-state index contributed by atoms with van der Waals surface area (Å²) < 4.78 is 26.8. The topological polar surface area (TPSA) is 69.7 Å². The number of rotatable bonds is 6. The summed E-state index contributed by atoms with van der Waals surface area (Å²) in [5.41, 5.74) is 0.620. The van der Waals surface area contributed by atoms with Crippen LogP contribution in [-0.4, -0.2) is 49.2 Å². The SMILES string of the molecule is CC(C(=O)Nc1ccc(S(=O)(=O)N2CCCC2)cc1)N1CCCC1c1cccs1. The number of anilines is 1. The van der Waals surface area contributed by atoms with E-state index in [1.807, 2.05) is 6.92 Å². The fraction of sp³-hybridized carbons (Fsp3) is 0.476. The molecule has 1 aromatic heterocycles. The Morgan fingerprint density at radius 1 is 1.10 bits per heavy atom. The molecule has 1 N–H and O–H groups in total. The summed E-state index contributed by atoms with van der Waals surface area (Å²) in [6.45, 7) is 4.01. The molecule has 2 aliphatic heterocycles. The first kappa shape index (κ1) is 20.5. The maximum atomic E-state index is 12.8. The molecule has 29 heavy (non-hydrogen) atoms. The van der Waals surface area contributed by atoms with Gasteiger partial charge in [-0.25, -0.2) is 8.42 Å². The monoisotopic (exact) mass is 433 g/mol. The molecule has 0 bridgehead atoms. The molecule has 0 saturated carbocycles. The fourth-order valence-electron chi connectivity index (χ4n) is 4.22. The molecule has 156 valence electrons. The summed E-state index contributed by atoms with van der Waals surface area (Å²) >= 11 is 1.74. The molecule has 0 radical (unpaired) electrons. The first-order valence-electron chi connectivity index (χ1n) is 10.2. The molecule has 3 heterocycles. The summed E-state index contributed by atoms with van der Waals surface area (Å²) in [6, 6.07) is 10.7. The highest BCUT2D eigenvalue weighted by atomic mass is 32.2. The average Bonchev–Trinajstić information content (AvgIpc) is 3.49. The minimum absolute atomic E-state index is 0.0661. The second-order valence-electron chi connectivity index (χ2n) is 7.71. The van der Waals surface area contributed by atoms with Crippen LogP contribution in [0.2, 0.25) is 0 Å². The number of amides is 1. The second-order valence-corrected chi connectivity index (χ2v) is 10.6. The van der Waals surface area contributed by atoms with Gasteiger partial charge >= 0.3 is 0 Å². The van der Waals surface area contributed by atoms with Crippen LogP contribution < -0.4 is 5.32 Å². The minimum atomic E-state index is -3.43. The van der Waals surface area contributed by atoms with Gasteiger partial charge in [0, 0.05) is 29.7 Å². The number of carbonyl (C=O) groups is 1. The van der Waals surface area contributed by atoms with Gasteiger partial charge in [-0.1, -0.05) is 6.07 Å². The van der Waals surface area contributed by atoms with Crippen LogP contribution in [0.4, 0.5) is 5.69 Å². The Bertz CT molecular complexity index is 936. The van der Waals surface area contributed by atoms with E-state index in [0.29, 0.717) is 24.8 Å². The summed E-state index contributed by atoms with van der Waals surface area (Å²) in [7, 11) is -3.43. The fourth-order valence-corrected chi connectivity index (χ4v) is 6.62. The molecule has 1 aromatic carbocycles. The molecule has 4 rings (SSSR count). The third-order valence-corrected chi connectivity index (χ3v) is 8.75. The standard InChI is InChI=1S/C21H27N3O3S2/c1-16(24-14-4-6-19(24)20-7-5-15-28-20)21(25)22-17-8-10-18(11-9-17)29(26,27)23-12-2-3-13-23/h5,7-11,15-16,19H,2-4,6,12-14H2,1H3,(H,22,25). The molecular formula is C21H27N3O3S2. The summed E-state index contributed by atoms with van der Waals surface area (Å²) in [5, 5.41) is 5.02. The highest BCUT2D eigenvalue weighted by Gasteiger charge is 2.33. The van der Waals surface area contributed by atoms with Crippen molar-refractivity contribution in [2.45, 2.75) is 49.6 Å². The first-order valence-corrected chi connectivity index (χ1v) is 12.5. The van der Waals surface area contributed by atoms with Gasteiger partial charge in [0.2, 0.25) is 15.9 Å². The normalized spacial score (nSPS) is 22.0. The van der Waals surface area contributed by atoms with Crippen LogP contribution in [0.5, 0.6) is 0 Å². The Morgan fingerprint density at radius 2 is 1.83 bits per heavy atom. The Kier molecular flexibility index (Phi) is 6.06. The van der Waals surface area contributed by atoms with Gasteiger partial charge in [0.05, 0.1) is 10.9 Å². The summed E-state index contributed by atoms with van der Waals surface area (Å²) in [6.07, 6.45) is 3.98. The van der Waals surface area contributed by atoms with Crippen molar-refractivity contribution in [2.24, 2.45) is 0 Å². The Balaban J connectivity index is 1.41. The lowest BCUT2D eigenvalue weighted by Gasteiger charge is -2.29. The van der Waals surface area contributed by atoms with E-state index in [-0.39, 0.29) is 16.8 Å². The molecule has 8 heteroatoms. The number of hydrogen-bond donors (Lipinski definition) is 1. The molecule has 2 fully saturated rings. The number of hydrogen-bond acceptors (Lipinski definition) is 5. The van der Waals surface area contributed by atoms with Gasteiger partial charge in [-0.2, -0.15) is 4.31 Å². The lowest BCUT2D eigenvalue weighted by atomic mass is 10.1. The van der Waals surface area contributed by atoms with E-state index in [0.717, 1.165) is 32.2 Å². The van der Waals surface area contributed by atoms with E-state index in [1.165, 1.54) is 9.18 Å². The third kappa shape index (κ3) is 4.26. The molecule has 2 atom stereocenters. The molecular weight excluding hydrogens is 406 g/mol. The number of likely N-dealkylation sites (tertiary alicyclic amines) is 1. The van der Waals surface area contributed by atoms with Crippen molar-refractivity contribution in [2.75, 3.05) is 25.0 Å². The quantitative estimate of drug-likeness (QED) is 0.754. The van der Waals surface area contributed by atoms with Crippen molar-refractivity contribution in [1.29, 1.82) is 0 Å². The van der Waals surface area contributed by atoms with Gasteiger partial charge in [-0.3, -0.25) is 9.69 Å². The van der Waals surface area contributed by atoms with Crippen molar-refractivity contribution in [3.63, 3.8) is 0 Å². The van der Waals surface area contributed by atoms with Crippen LogP contribution in [0.3, 0.4) is 0 Å². The van der Waals surface area contributed by atoms with E-state index < -0.39 is 10.0 Å². The van der Waals surface area contributed by atoms with Crippen LogP contribution in [-0.2, 0) is 14.8 Å². The zero-order valence-electron chi connectivity index (χ0n) is 16.6. The number of sulfonamides is 1. The lowest BCUT2D eigenvalue weighted by Crippen LogP contribution is -2.41. The third-order valence-electron chi connectivity index (χ3n) is 5.87. The molecule has 2 aromatic rings. The highest BCUT2D eigenvalue weighted by molar-refractivity contribution is 7.89. The maximum Gasteiger partial charge on any atom is 0.243 e. The van der Waals surface area contributed by atoms with E-state index in [9.17, 15) is 13.2 Å².